The first-order valence-corrected chi connectivity index (χ1v) is 10.00. The van der Waals surface area contributed by atoms with Crippen LogP contribution in [0.2, 0.25) is 0 Å². The number of benzene rings is 1. The monoisotopic (exact) mass is 395 g/mol. The molecule has 0 aliphatic carbocycles. The summed E-state index contributed by atoms with van der Waals surface area (Å²) in [7, 11) is 0. The van der Waals surface area contributed by atoms with E-state index in [1.165, 1.54) is 0 Å². The van der Waals surface area contributed by atoms with Crippen LogP contribution in [0.15, 0.2) is 24.3 Å². The van der Waals surface area contributed by atoms with Crippen LogP contribution in [0.4, 0.5) is 5.69 Å². The molecule has 7 nitrogen and oxygen atoms in total. The van der Waals surface area contributed by atoms with Crippen molar-refractivity contribution in [3.8, 4) is 6.07 Å². The summed E-state index contributed by atoms with van der Waals surface area (Å²) in [5.74, 6) is -0.150. The second kappa shape index (κ2) is 10.4. The van der Waals surface area contributed by atoms with E-state index in [4.69, 9.17) is 5.26 Å². The summed E-state index contributed by atoms with van der Waals surface area (Å²) in [5.41, 5.74) is 4.11. The van der Waals surface area contributed by atoms with Crippen LogP contribution >= 0.6 is 0 Å². The zero-order valence-corrected chi connectivity index (χ0v) is 17.7. The van der Waals surface area contributed by atoms with Crippen molar-refractivity contribution in [2.45, 2.75) is 53.5 Å². The van der Waals surface area contributed by atoms with Crippen molar-refractivity contribution in [1.82, 2.24) is 14.7 Å². The summed E-state index contributed by atoms with van der Waals surface area (Å²) in [4.78, 5) is 26.7. The van der Waals surface area contributed by atoms with Crippen LogP contribution in [0, 0.1) is 25.2 Å². The fourth-order valence-electron chi connectivity index (χ4n) is 3.35. The Morgan fingerprint density at radius 2 is 1.97 bits per heavy atom. The molecule has 1 heterocycles. The minimum absolute atomic E-state index is 0.0397. The number of nitrogens with one attached hydrogen (secondary N) is 1. The molecule has 154 valence electrons. The lowest BCUT2D eigenvalue weighted by molar-refractivity contribution is -0.116. The first-order valence-electron chi connectivity index (χ1n) is 10.00. The Kier molecular flexibility index (Phi) is 7.96. The van der Waals surface area contributed by atoms with Crippen molar-refractivity contribution in [2.24, 2.45) is 0 Å². The predicted molar refractivity (Wildman–Crippen MR) is 113 cm³/mol. The molecule has 0 aliphatic rings. The van der Waals surface area contributed by atoms with Crippen molar-refractivity contribution in [3.63, 3.8) is 0 Å². The number of rotatable bonds is 9. The van der Waals surface area contributed by atoms with E-state index in [1.807, 2.05) is 32.4 Å². The smallest absolute Gasteiger partial charge is 0.253 e. The summed E-state index contributed by atoms with van der Waals surface area (Å²) in [6.07, 6.45) is 1.30. The van der Waals surface area contributed by atoms with Gasteiger partial charge in [0.05, 0.1) is 24.7 Å². The van der Waals surface area contributed by atoms with Gasteiger partial charge in [-0.15, -0.1) is 0 Å². The first kappa shape index (κ1) is 22.2. The molecule has 0 spiro atoms. The predicted octanol–water partition coefficient (Wildman–Crippen LogP) is 3.47. The zero-order chi connectivity index (χ0) is 21.4. The van der Waals surface area contributed by atoms with Crippen molar-refractivity contribution in [2.75, 3.05) is 18.4 Å². The van der Waals surface area contributed by atoms with E-state index < -0.39 is 0 Å². The molecule has 0 bridgehead atoms. The van der Waals surface area contributed by atoms with Crippen LogP contribution in [0.25, 0.3) is 0 Å². The summed E-state index contributed by atoms with van der Waals surface area (Å²) in [6, 6.07) is 9.17. The van der Waals surface area contributed by atoms with Crippen molar-refractivity contribution in [1.29, 1.82) is 5.26 Å². The molecule has 0 fully saturated rings. The summed E-state index contributed by atoms with van der Waals surface area (Å²) in [5, 5.41) is 16.1. The number of hydrogen-bond donors (Lipinski definition) is 1. The molecule has 2 amide bonds. The topological polar surface area (TPSA) is 91.0 Å². The number of nitrogens with zero attached hydrogens (tertiary/aromatic N) is 4. The molecule has 2 rings (SSSR count). The maximum Gasteiger partial charge on any atom is 0.253 e. The van der Waals surface area contributed by atoms with Crippen LogP contribution in [0.1, 0.15) is 54.0 Å². The molecule has 0 atom stereocenters. The average molecular weight is 396 g/mol. The van der Waals surface area contributed by atoms with Gasteiger partial charge in [-0.25, -0.2) is 0 Å². The molecule has 1 N–H and O–H groups in total. The van der Waals surface area contributed by atoms with Crippen molar-refractivity contribution in [3.05, 3.63) is 46.8 Å². The van der Waals surface area contributed by atoms with Crippen LogP contribution in [0.3, 0.4) is 0 Å². The number of aryl methyl sites for hydroxylation is 2. The number of aromatic nitrogens is 2. The molecule has 0 saturated carbocycles. The highest BCUT2D eigenvalue weighted by Crippen LogP contribution is 2.17. The molecule has 1 aromatic heterocycles. The van der Waals surface area contributed by atoms with Crippen molar-refractivity contribution >= 4 is 17.5 Å². The average Bonchev–Trinajstić information content (AvgIpc) is 2.98. The number of amides is 2. The Morgan fingerprint density at radius 3 is 2.62 bits per heavy atom. The summed E-state index contributed by atoms with van der Waals surface area (Å²) >= 11 is 0. The first-order chi connectivity index (χ1) is 13.9. The third-order valence-electron chi connectivity index (χ3n) is 5.01. The van der Waals surface area contributed by atoms with E-state index in [-0.39, 0.29) is 11.8 Å². The highest BCUT2D eigenvalue weighted by atomic mass is 16.2. The largest absolute Gasteiger partial charge is 0.339 e. The van der Waals surface area contributed by atoms with E-state index in [2.05, 4.69) is 16.5 Å². The van der Waals surface area contributed by atoms with Crippen LogP contribution < -0.4 is 5.32 Å². The number of nitriles is 1. The number of carbonyl (C=O) groups is 2. The molecular weight excluding hydrogens is 366 g/mol. The molecule has 0 aliphatic heterocycles. The van der Waals surface area contributed by atoms with Gasteiger partial charge in [-0.1, -0.05) is 6.07 Å². The standard InChI is InChI=1S/C22H29N5O2/c1-5-26(6-2)22(29)18-9-7-10-19(15-18)24-21(28)12-11-20-16(3)25-27(17(20)4)14-8-13-23/h7,9-10,15H,5-6,8,11-12,14H2,1-4H3,(H,24,28). The van der Waals surface area contributed by atoms with E-state index in [0.717, 1.165) is 17.0 Å². The van der Waals surface area contributed by atoms with Gasteiger partial charge in [0, 0.05) is 36.5 Å². The van der Waals surface area contributed by atoms with Gasteiger partial charge in [-0.2, -0.15) is 10.4 Å². The van der Waals surface area contributed by atoms with Gasteiger partial charge in [0.15, 0.2) is 0 Å². The zero-order valence-electron chi connectivity index (χ0n) is 17.7. The van der Waals surface area contributed by atoms with E-state index in [1.54, 1.807) is 29.2 Å². The third kappa shape index (κ3) is 5.67. The van der Waals surface area contributed by atoms with Crippen LogP contribution in [0.5, 0.6) is 0 Å². The third-order valence-corrected chi connectivity index (χ3v) is 5.01. The Labute approximate surface area is 172 Å². The minimum Gasteiger partial charge on any atom is -0.339 e. The Balaban J connectivity index is 2.00. The molecule has 0 unspecified atom stereocenters. The Morgan fingerprint density at radius 1 is 1.24 bits per heavy atom. The van der Waals surface area contributed by atoms with Gasteiger partial charge in [0.2, 0.25) is 5.91 Å². The summed E-state index contributed by atoms with van der Waals surface area (Å²) in [6.45, 7) is 9.62. The van der Waals surface area contributed by atoms with E-state index >= 15 is 0 Å². The maximum atomic E-state index is 12.5. The number of anilines is 1. The lowest BCUT2D eigenvalue weighted by Crippen LogP contribution is -2.30. The van der Waals surface area contributed by atoms with Crippen LogP contribution in [-0.2, 0) is 17.8 Å². The normalized spacial score (nSPS) is 10.4. The molecule has 1 aromatic carbocycles. The van der Waals surface area contributed by atoms with Gasteiger partial charge < -0.3 is 10.2 Å². The number of carbonyl (C=O) groups excluding carboxylic acids is 2. The second-order valence-corrected chi connectivity index (χ2v) is 6.89. The molecule has 2 aromatic rings. The maximum absolute atomic E-state index is 12.5. The Bertz CT molecular complexity index is 906. The Hall–Kier alpha value is -3.14. The molecule has 0 radical (unpaired) electrons. The highest BCUT2D eigenvalue weighted by Gasteiger charge is 2.15. The minimum atomic E-state index is -0.110. The lowest BCUT2D eigenvalue weighted by atomic mass is 10.1. The fourth-order valence-corrected chi connectivity index (χ4v) is 3.35. The van der Waals surface area contributed by atoms with Crippen molar-refractivity contribution < 1.29 is 9.59 Å². The summed E-state index contributed by atoms with van der Waals surface area (Å²) < 4.78 is 1.83. The van der Waals surface area contributed by atoms with Gasteiger partial charge in [-0.05, 0) is 57.9 Å². The quantitative estimate of drug-likeness (QED) is 0.704. The molecule has 0 saturated heterocycles. The van der Waals surface area contributed by atoms with Gasteiger partial charge >= 0.3 is 0 Å². The SMILES string of the molecule is CCN(CC)C(=O)c1cccc(NC(=O)CCc2c(C)nn(CCC#N)c2C)c1. The van der Waals surface area contributed by atoms with Gasteiger partial charge in [-0.3, -0.25) is 14.3 Å². The fraction of sp³-hybridized carbons (Fsp3) is 0.455. The van der Waals surface area contributed by atoms with E-state index in [9.17, 15) is 9.59 Å². The molecular formula is C22H29N5O2. The van der Waals surface area contributed by atoms with Gasteiger partial charge in [0.25, 0.3) is 5.91 Å². The highest BCUT2D eigenvalue weighted by molar-refractivity contribution is 5.97. The molecule has 7 heteroatoms. The second-order valence-electron chi connectivity index (χ2n) is 6.89. The lowest BCUT2D eigenvalue weighted by Gasteiger charge is -2.19. The van der Waals surface area contributed by atoms with Crippen LogP contribution in [-0.4, -0.2) is 39.6 Å². The molecule has 29 heavy (non-hydrogen) atoms. The van der Waals surface area contributed by atoms with E-state index in [0.29, 0.717) is 50.1 Å². The van der Waals surface area contributed by atoms with Gasteiger partial charge in [0.1, 0.15) is 0 Å². The number of hydrogen-bond acceptors (Lipinski definition) is 4.